The lowest BCUT2D eigenvalue weighted by Gasteiger charge is -2.09. The number of hydrogen-bond acceptors (Lipinski definition) is 4. The van der Waals surface area contributed by atoms with Crippen LogP contribution in [0.25, 0.3) is 0 Å². The third-order valence-electron chi connectivity index (χ3n) is 2.87. The molecular weight excluding hydrogens is 268 g/mol. The van der Waals surface area contributed by atoms with Crippen molar-refractivity contribution in [3.05, 3.63) is 23.8 Å². The first kappa shape index (κ1) is 14.0. The Kier molecular flexibility index (Phi) is 3.88. The quantitative estimate of drug-likeness (QED) is 0.721. The molecule has 1 aliphatic rings. The molecule has 0 saturated carbocycles. The highest BCUT2D eigenvalue weighted by molar-refractivity contribution is 7.89. The predicted octanol–water partition coefficient (Wildman–Crippen LogP) is 0.230. The fraction of sp³-hybridized carbons (Fsp3) is 0.417. The van der Waals surface area contributed by atoms with Crippen LogP contribution in [0.1, 0.15) is 18.9 Å². The Bertz CT molecular complexity index is 596. The second-order valence-corrected chi connectivity index (χ2v) is 6.35. The number of amides is 1. The maximum Gasteiger partial charge on any atom is 0.240 e. The molecule has 0 saturated heterocycles. The van der Waals surface area contributed by atoms with E-state index in [4.69, 9.17) is 5.11 Å². The molecule has 1 aromatic carbocycles. The molecule has 1 amide bonds. The zero-order chi connectivity index (χ0) is 14.0. The molecule has 0 aliphatic carbocycles. The molecule has 2 rings (SSSR count). The van der Waals surface area contributed by atoms with E-state index in [0.717, 1.165) is 0 Å². The van der Waals surface area contributed by atoms with E-state index in [9.17, 15) is 13.2 Å². The van der Waals surface area contributed by atoms with Crippen LogP contribution < -0.4 is 10.0 Å². The van der Waals surface area contributed by atoms with E-state index in [2.05, 4.69) is 10.0 Å². The van der Waals surface area contributed by atoms with Crippen LogP contribution in [0.3, 0.4) is 0 Å². The summed E-state index contributed by atoms with van der Waals surface area (Å²) in [4.78, 5) is 11.3. The number of aliphatic hydroxyl groups excluding tert-OH is 1. The Morgan fingerprint density at radius 1 is 1.47 bits per heavy atom. The van der Waals surface area contributed by atoms with Gasteiger partial charge in [0.15, 0.2) is 0 Å². The molecular formula is C12H16N2O4S. The highest BCUT2D eigenvalue weighted by Crippen LogP contribution is 2.25. The van der Waals surface area contributed by atoms with Crippen molar-refractivity contribution in [1.29, 1.82) is 0 Å². The van der Waals surface area contributed by atoms with Crippen molar-refractivity contribution in [3.8, 4) is 0 Å². The van der Waals surface area contributed by atoms with Crippen LogP contribution in [-0.2, 0) is 21.2 Å². The van der Waals surface area contributed by atoms with Crippen LogP contribution in [0, 0.1) is 0 Å². The standard InChI is InChI=1S/C12H16N2O4S/c1-8(15)4-5-13-19(17,18)10-2-3-11-9(6-10)7-12(16)14-11/h2-3,6,8,13,15H,4-5,7H2,1H3,(H,14,16). The minimum Gasteiger partial charge on any atom is -0.393 e. The van der Waals surface area contributed by atoms with Crippen molar-refractivity contribution >= 4 is 21.6 Å². The summed E-state index contributed by atoms with van der Waals surface area (Å²) in [6.07, 6.45) is 0.000812. The number of nitrogens with one attached hydrogen (secondary N) is 2. The maximum absolute atomic E-state index is 12.0. The minimum absolute atomic E-state index is 0.133. The summed E-state index contributed by atoms with van der Waals surface area (Å²) in [7, 11) is -3.60. The van der Waals surface area contributed by atoms with E-state index in [-0.39, 0.29) is 23.8 Å². The molecule has 1 unspecified atom stereocenters. The molecule has 0 radical (unpaired) electrons. The molecule has 1 aliphatic heterocycles. The molecule has 0 aromatic heterocycles. The third kappa shape index (κ3) is 3.31. The molecule has 0 bridgehead atoms. The molecule has 6 nitrogen and oxygen atoms in total. The van der Waals surface area contributed by atoms with E-state index >= 15 is 0 Å². The Morgan fingerprint density at radius 3 is 2.89 bits per heavy atom. The van der Waals surface area contributed by atoms with Crippen LogP contribution in [0.15, 0.2) is 23.1 Å². The number of carbonyl (C=O) groups is 1. The second-order valence-electron chi connectivity index (χ2n) is 4.58. The Morgan fingerprint density at radius 2 is 2.21 bits per heavy atom. The number of hydrogen-bond donors (Lipinski definition) is 3. The summed E-state index contributed by atoms with van der Waals surface area (Å²) in [5.74, 6) is -0.133. The number of sulfonamides is 1. The van der Waals surface area contributed by atoms with Crippen molar-refractivity contribution in [2.75, 3.05) is 11.9 Å². The van der Waals surface area contributed by atoms with E-state index in [1.54, 1.807) is 13.0 Å². The number of benzene rings is 1. The Hall–Kier alpha value is -1.44. The minimum atomic E-state index is -3.60. The normalized spacial score (nSPS) is 16.0. The lowest BCUT2D eigenvalue weighted by molar-refractivity contribution is -0.115. The number of rotatable bonds is 5. The summed E-state index contributed by atoms with van der Waals surface area (Å²) in [6, 6.07) is 4.54. The van der Waals surface area contributed by atoms with Crippen molar-refractivity contribution in [2.45, 2.75) is 30.8 Å². The predicted molar refractivity (Wildman–Crippen MR) is 70.3 cm³/mol. The molecule has 0 spiro atoms. The van der Waals surface area contributed by atoms with Crippen molar-refractivity contribution in [1.82, 2.24) is 4.72 Å². The van der Waals surface area contributed by atoms with Crippen LogP contribution in [0.2, 0.25) is 0 Å². The first-order valence-electron chi connectivity index (χ1n) is 5.99. The number of anilines is 1. The van der Waals surface area contributed by atoms with Gasteiger partial charge in [0.25, 0.3) is 0 Å². The van der Waals surface area contributed by atoms with Gasteiger partial charge in [-0.15, -0.1) is 0 Å². The highest BCUT2D eigenvalue weighted by atomic mass is 32.2. The largest absolute Gasteiger partial charge is 0.393 e. The van der Waals surface area contributed by atoms with Gasteiger partial charge in [-0.05, 0) is 37.1 Å². The maximum atomic E-state index is 12.0. The van der Waals surface area contributed by atoms with Gasteiger partial charge in [-0.1, -0.05) is 0 Å². The lowest BCUT2D eigenvalue weighted by atomic mass is 10.2. The summed E-state index contributed by atoms with van der Waals surface area (Å²) in [5, 5.41) is 11.7. The van der Waals surface area contributed by atoms with E-state index in [1.807, 2.05) is 0 Å². The Balaban J connectivity index is 2.13. The molecule has 19 heavy (non-hydrogen) atoms. The number of fused-ring (bicyclic) bond motifs is 1. The van der Waals surface area contributed by atoms with Gasteiger partial charge in [-0.25, -0.2) is 13.1 Å². The van der Waals surface area contributed by atoms with Gasteiger partial charge in [-0.3, -0.25) is 4.79 Å². The Labute approximate surface area is 111 Å². The fourth-order valence-electron chi connectivity index (χ4n) is 1.86. The van der Waals surface area contributed by atoms with Crippen LogP contribution in [0.5, 0.6) is 0 Å². The molecule has 104 valence electrons. The summed E-state index contributed by atoms with van der Waals surface area (Å²) < 4.78 is 26.4. The highest BCUT2D eigenvalue weighted by Gasteiger charge is 2.21. The molecule has 0 fully saturated rings. The zero-order valence-corrected chi connectivity index (χ0v) is 11.3. The van der Waals surface area contributed by atoms with Gasteiger partial charge in [0.1, 0.15) is 0 Å². The van der Waals surface area contributed by atoms with Gasteiger partial charge < -0.3 is 10.4 Å². The lowest BCUT2D eigenvalue weighted by Crippen LogP contribution is -2.26. The average Bonchev–Trinajstić information content (AvgIpc) is 2.67. The molecule has 1 atom stereocenters. The van der Waals surface area contributed by atoms with Gasteiger partial charge >= 0.3 is 0 Å². The molecule has 7 heteroatoms. The van der Waals surface area contributed by atoms with Crippen LogP contribution >= 0.6 is 0 Å². The van der Waals surface area contributed by atoms with Gasteiger partial charge in [0.05, 0.1) is 17.4 Å². The summed E-state index contributed by atoms with van der Waals surface area (Å²) in [5.41, 5.74) is 1.34. The van der Waals surface area contributed by atoms with Crippen LogP contribution in [-0.4, -0.2) is 32.1 Å². The topological polar surface area (TPSA) is 95.5 Å². The first-order chi connectivity index (χ1) is 8.88. The van der Waals surface area contributed by atoms with E-state index < -0.39 is 16.1 Å². The van der Waals surface area contributed by atoms with Gasteiger partial charge in [0.2, 0.25) is 15.9 Å². The summed E-state index contributed by atoms with van der Waals surface area (Å²) >= 11 is 0. The average molecular weight is 284 g/mol. The monoisotopic (exact) mass is 284 g/mol. The number of carbonyl (C=O) groups excluding carboxylic acids is 1. The molecule has 3 N–H and O–H groups in total. The first-order valence-corrected chi connectivity index (χ1v) is 7.47. The SMILES string of the molecule is CC(O)CCNS(=O)(=O)c1ccc2c(c1)CC(=O)N2. The van der Waals surface area contributed by atoms with Gasteiger partial charge in [0, 0.05) is 12.2 Å². The number of aliphatic hydroxyl groups is 1. The van der Waals surface area contributed by atoms with Gasteiger partial charge in [-0.2, -0.15) is 0 Å². The molecule has 1 heterocycles. The fourth-order valence-corrected chi connectivity index (χ4v) is 2.96. The smallest absolute Gasteiger partial charge is 0.240 e. The second kappa shape index (κ2) is 5.28. The zero-order valence-electron chi connectivity index (χ0n) is 10.5. The van der Waals surface area contributed by atoms with E-state index in [1.165, 1.54) is 12.1 Å². The third-order valence-corrected chi connectivity index (χ3v) is 4.33. The molecule has 1 aromatic rings. The van der Waals surface area contributed by atoms with Crippen LogP contribution in [0.4, 0.5) is 5.69 Å². The van der Waals surface area contributed by atoms with Crippen molar-refractivity contribution in [2.24, 2.45) is 0 Å². The van der Waals surface area contributed by atoms with E-state index in [0.29, 0.717) is 17.7 Å². The van der Waals surface area contributed by atoms with Crippen molar-refractivity contribution < 1.29 is 18.3 Å². The van der Waals surface area contributed by atoms with Crippen molar-refractivity contribution in [3.63, 3.8) is 0 Å². The summed E-state index contributed by atoms with van der Waals surface area (Å²) in [6.45, 7) is 1.77.